The second-order valence-corrected chi connectivity index (χ2v) is 11.4. The molecule has 2 aliphatic rings. The molecule has 0 bridgehead atoms. The summed E-state index contributed by atoms with van der Waals surface area (Å²) in [6.45, 7) is 1.97. The zero-order valence-electron chi connectivity index (χ0n) is 17.9. The van der Waals surface area contributed by atoms with Gasteiger partial charge in [0.05, 0.1) is 17.1 Å². The van der Waals surface area contributed by atoms with Crippen molar-refractivity contribution >= 4 is 44.5 Å². The number of sulfone groups is 1. The van der Waals surface area contributed by atoms with Crippen LogP contribution >= 0.6 is 15.9 Å². The molecule has 2 aromatic carbocycles. The van der Waals surface area contributed by atoms with E-state index in [-0.39, 0.29) is 17.8 Å². The lowest BCUT2D eigenvalue weighted by Gasteiger charge is -2.32. The summed E-state index contributed by atoms with van der Waals surface area (Å²) < 4.78 is 32.1. The Morgan fingerprint density at radius 3 is 2.72 bits per heavy atom. The number of halogens is 1. The van der Waals surface area contributed by atoms with Gasteiger partial charge in [0.25, 0.3) is 0 Å². The standard InChI is InChI=1S/C24H26BBrO5S/c1-2-16-15-32(29,30)23-14-25(28)31-22(24(16)23)11-8-18(17-6-4-3-5-7-17)12-19-13-20(26)9-10-21(19)27/h3-7,9-10,12-13,22-23,27-28H,2,8,11,14-15H2,1H3/b18-12-/t22-,23+/m1/s1. The number of benzene rings is 2. The zero-order valence-corrected chi connectivity index (χ0v) is 20.3. The second kappa shape index (κ2) is 9.55. The van der Waals surface area contributed by atoms with Crippen molar-refractivity contribution in [3.05, 3.63) is 75.3 Å². The third-order valence-corrected chi connectivity index (χ3v) is 8.77. The van der Waals surface area contributed by atoms with Crippen molar-refractivity contribution in [3.63, 3.8) is 0 Å². The Bertz CT molecular complexity index is 1160. The molecule has 1 fully saturated rings. The first-order valence-electron chi connectivity index (χ1n) is 10.8. The number of hydrogen-bond acceptors (Lipinski definition) is 5. The molecule has 4 rings (SSSR count). The van der Waals surface area contributed by atoms with Gasteiger partial charge in [-0.3, -0.25) is 0 Å². The van der Waals surface area contributed by atoms with Crippen LogP contribution in [0.1, 0.15) is 37.3 Å². The Balaban J connectivity index is 1.66. The summed E-state index contributed by atoms with van der Waals surface area (Å²) in [4.78, 5) is 0. The van der Waals surface area contributed by atoms with E-state index in [1.807, 2.05) is 49.4 Å². The fourth-order valence-electron chi connectivity index (χ4n) is 4.66. The van der Waals surface area contributed by atoms with Gasteiger partial charge in [-0.15, -0.1) is 0 Å². The van der Waals surface area contributed by atoms with Crippen molar-refractivity contribution in [3.8, 4) is 5.75 Å². The highest BCUT2D eigenvalue weighted by atomic mass is 79.9. The molecule has 2 aliphatic heterocycles. The topological polar surface area (TPSA) is 83.8 Å². The Kier molecular flexibility index (Phi) is 6.96. The van der Waals surface area contributed by atoms with E-state index in [9.17, 15) is 18.5 Å². The highest BCUT2D eigenvalue weighted by molar-refractivity contribution is 9.10. The van der Waals surface area contributed by atoms with Gasteiger partial charge in [-0.25, -0.2) is 8.42 Å². The summed E-state index contributed by atoms with van der Waals surface area (Å²) in [6, 6.07) is 15.2. The number of rotatable bonds is 6. The minimum Gasteiger partial charge on any atom is -0.507 e. The van der Waals surface area contributed by atoms with Crippen LogP contribution in [0.4, 0.5) is 0 Å². The molecule has 0 radical (unpaired) electrons. The molecule has 0 aliphatic carbocycles. The fraction of sp³-hybridized carbons (Fsp3) is 0.333. The highest BCUT2D eigenvalue weighted by Crippen LogP contribution is 2.41. The Labute approximate surface area is 198 Å². The summed E-state index contributed by atoms with van der Waals surface area (Å²) in [5, 5.41) is 19.9. The van der Waals surface area contributed by atoms with E-state index in [1.54, 1.807) is 12.1 Å². The minimum atomic E-state index is -3.29. The molecule has 168 valence electrons. The molecular weight excluding hydrogens is 491 g/mol. The van der Waals surface area contributed by atoms with Crippen LogP contribution in [-0.4, -0.2) is 42.8 Å². The lowest BCUT2D eigenvalue weighted by molar-refractivity contribution is 0.171. The first kappa shape index (κ1) is 23.3. The van der Waals surface area contributed by atoms with Gasteiger partial charge in [0.1, 0.15) is 5.75 Å². The van der Waals surface area contributed by atoms with E-state index in [0.717, 1.165) is 26.8 Å². The summed E-state index contributed by atoms with van der Waals surface area (Å²) in [5.74, 6) is 0.243. The molecule has 2 atom stereocenters. The van der Waals surface area contributed by atoms with Crippen LogP contribution in [0.3, 0.4) is 0 Å². The molecule has 0 spiro atoms. The van der Waals surface area contributed by atoms with E-state index < -0.39 is 28.3 Å². The van der Waals surface area contributed by atoms with Crippen molar-refractivity contribution in [2.24, 2.45) is 0 Å². The summed E-state index contributed by atoms with van der Waals surface area (Å²) in [6.07, 6.45) is 3.41. The van der Waals surface area contributed by atoms with Crippen molar-refractivity contribution in [2.75, 3.05) is 5.75 Å². The number of hydrogen-bond donors (Lipinski definition) is 2. The van der Waals surface area contributed by atoms with Crippen molar-refractivity contribution in [1.82, 2.24) is 0 Å². The molecule has 0 amide bonds. The minimum absolute atomic E-state index is 0.0589. The average molecular weight is 517 g/mol. The van der Waals surface area contributed by atoms with Gasteiger partial charge in [-0.2, -0.15) is 0 Å². The van der Waals surface area contributed by atoms with E-state index >= 15 is 0 Å². The van der Waals surface area contributed by atoms with E-state index in [0.29, 0.717) is 24.8 Å². The fourth-order valence-corrected chi connectivity index (χ4v) is 7.25. The molecule has 32 heavy (non-hydrogen) atoms. The number of phenols is 1. The molecule has 0 aromatic heterocycles. The van der Waals surface area contributed by atoms with Crippen LogP contribution < -0.4 is 0 Å². The SMILES string of the molecule is CCC1=C2[C@@H](CC/C(=C/c3cc(Br)ccc3O)c3ccccc3)OB(O)C[C@@H]2S(=O)(=O)C1. The Morgan fingerprint density at radius 2 is 2.00 bits per heavy atom. The van der Waals surface area contributed by atoms with Gasteiger partial charge in [0.2, 0.25) is 0 Å². The largest absolute Gasteiger partial charge is 0.507 e. The average Bonchev–Trinajstić information content (AvgIpc) is 3.04. The number of allylic oxidation sites excluding steroid dienone is 1. The number of phenolic OH excluding ortho intramolecular Hbond substituents is 1. The monoisotopic (exact) mass is 516 g/mol. The third kappa shape index (κ3) is 4.88. The van der Waals surface area contributed by atoms with Crippen LogP contribution in [0, 0.1) is 0 Å². The number of aromatic hydroxyl groups is 1. The third-order valence-electron chi connectivity index (χ3n) is 6.21. The van der Waals surface area contributed by atoms with Crippen molar-refractivity contribution in [2.45, 2.75) is 43.9 Å². The van der Waals surface area contributed by atoms with Crippen LogP contribution in [0.25, 0.3) is 11.6 Å². The lowest BCUT2D eigenvalue weighted by Crippen LogP contribution is -2.41. The Hall–Kier alpha value is -1.87. The van der Waals surface area contributed by atoms with E-state index in [1.165, 1.54) is 0 Å². The van der Waals surface area contributed by atoms with Gasteiger partial charge < -0.3 is 14.8 Å². The zero-order chi connectivity index (χ0) is 22.9. The summed E-state index contributed by atoms with van der Waals surface area (Å²) in [5.41, 5.74) is 4.47. The summed E-state index contributed by atoms with van der Waals surface area (Å²) >= 11 is 3.46. The van der Waals surface area contributed by atoms with Gasteiger partial charge in [-0.05, 0) is 60.2 Å². The van der Waals surface area contributed by atoms with Gasteiger partial charge in [0.15, 0.2) is 9.84 Å². The predicted molar refractivity (Wildman–Crippen MR) is 132 cm³/mol. The molecular formula is C24H26BBrO5S. The van der Waals surface area contributed by atoms with Crippen LogP contribution in [0.5, 0.6) is 5.75 Å². The van der Waals surface area contributed by atoms with E-state index in [2.05, 4.69) is 15.9 Å². The van der Waals surface area contributed by atoms with Crippen molar-refractivity contribution < 1.29 is 23.2 Å². The highest BCUT2D eigenvalue weighted by Gasteiger charge is 2.47. The van der Waals surface area contributed by atoms with Gasteiger partial charge in [-0.1, -0.05) is 58.8 Å². The molecule has 2 aromatic rings. The molecule has 0 saturated carbocycles. The maximum Gasteiger partial charge on any atom is 0.456 e. The van der Waals surface area contributed by atoms with Crippen LogP contribution in [-0.2, 0) is 14.5 Å². The molecule has 5 nitrogen and oxygen atoms in total. The van der Waals surface area contributed by atoms with Crippen LogP contribution in [0.2, 0.25) is 6.32 Å². The first-order chi connectivity index (χ1) is 15.3. The first-order valence-corrected chi connectivity index (χ1v) is 13.3. The second-order valence-electron chi connectivity index (χ2n) is 8.30. The molecule has 2 N–H and O–H groups in total. The quantitative estimate of drug-likeness (QED) is 0.325. The van der Waals surface area contributed by atoms with Crippen LogP contribution in [0.15, 0.2) is 64.1 Å². The molecule has 0 unspecified atom stereocenters. The molecule has 2 heterocycles. The van der Waals surface area contributed by atoms with E-state index in [4.69, 9.17) is 4.65 Å². The van der Waals surface area contributed by atoms with Gasteiger partial charge in [0, 0.05) is 16.4 Å². The predicted octanol–water partition coefficient (Wildman–Crippen LogP) is 4.86. The molecule has 8 heteroatoms. The maximum absolute atomic E-state index is 12.7. The van der Waals surface area contributed by atoms with Crippen molar-refractivity contribution in [1.29, 1.82) is 0 Å². The van der Waals surface area contributed by atoms with Gasteiger partial charge >= 0.3 is 7.12 Å². The smallest absolute Gasteiger partial charge is 0.456 e. The molecule has 1 saturated heterocycles. The normalized spacial score (nSPS) is 22.8. The summed E-state index contributed by atoms with van der Waals surface area (Å²) in [7, 11) is -4.38. The maximum atomic E-state index is 12.7. The lowest BCUT2D eigenvalue weighted by atomic mass is 9.74. The number of fused-ring (bicyclic) bond motifs is 1. The Morgan fingerprint density at radius 1 is 1.25 bits per heavy atom.